The average Bonchev–Trinajstić information content (AvgIpc) is 2.54. The molecule has 0 aliphatic rings. The van der Waals surface area contributed by atoms with E-state index in [9.17, 15) is 12.8 Å². The van der Waals surface area contributed by atoms with Crippen LogP contribution < -0.4 is 0 Å². The van der Waals surface area contributed by atoms with Crippen LogP contribution in [0.15, 0.2) is 53.7 Å². The molecule has 2 aromatic carbocycles. The summed E-state index contributed by atoms with van der Waals surface area (Å²) in [6, 6.07) is 13.9. The molecule has 0 saturated heterocycles. The fourth-order valence-corrected chi connectivity index (χ4v) is 2.33. The molecule has 0 bridgehead atoms. The van der Waals surface area contributed by atoms with Crippen molar-refractivity contribution in [1.29, 1.82) is 0 Å². The third kappa shape index (κ3) is 5.75. The topological polar surface area (TPSA) is 65.0 Å². The first-order valence-corrected chi connectivity index (χ1v) is 9.04. The SMILES string of the molecule is C/C(=N/OCCOS(C)(=O)=O)c1ccc(-c2ccc(F)cc2)cc1. The Hall–Kier alpha value is -2.25. The first-order chi connectivity index (χ1) is 11.3. The molecule has 24 heavy (non-hydrogen) atoms. The zero-order valence-electron chi connectivity index (χ0n) is 13.4. The quantitative estimate of drug-likeness (QED) is 0.332. The van der Waals surface area contributed by atoms with E-state index in [-0.39, 0.29) is 19.0 Å². The molecule has 0 aliphatic heterocycles. The monoisotopic (exact) mass is 351 g/mol. The highest BCUT2D eigenvalue weighted by molar-refractivity contribution is 7.85. The summed E-state index contributed by atoms with van der Waals surface area (Å²) in [6.45, 7) is 1.74. The van der Waals surface area contributed by atoms with Crippen molar-refractivity contribution in [2.24, 2.45) is 5.16 Å². The summed E-state index contributed by atoms with van der Waals surface area (Å²) in [6.07, 6.45) is 0.976. The zero-order valence-corrected chi connectivity index (χ0v) is 14.2. The minimum absolute atomic E-state index is 0.0398. The lowest BCUT2D eigenvalue weighted by Gasteiger charge is -2.05. The van der Waals surface area contributed by atoms with E-state index in [1.54, 1.807) is 19.1 Å². The van der Waals surface area contributed by atoms with Crippen LogP contribution in [0.4, 0.5) is 4.39 Å². The molecule has 5 nitrogen and oxygen atoms in total. The van der Waals surface area contributed by atoms with E-state index in [0.717, 1.165) is 22.9 Å². The molecule has 0 saturated carbocycles. The summed E-state index contributed by atoms with van der Waals surface area (Å²) in [5, 5.41) is 3.92. The molecular formula is C17H18FNO4S. The first-order valence-electron chi connectivity index (χ1n) is 7.22. The van der Waals surface area contributed by atoms with Gasteiger partial charge < -0.3 is 4.84 Å². The van der Waals surface area contributed by atoms with E-state index in [2.05, 4.69) is 9.34 Å². The van der Waals surface area contributed by atoms with Crippen molar-refractivity contribution >= 4 is 15.8 Å². The van der Waals surface area contributed by atoms with Crippen LogP contribution in [0.1, 0.15) is 12.5 Å². The highest BCUT2D eigenvalue weighted by Crippen LogP contribution is 2.20. The van der Waals surface area contributed by atoms with Gasteiger partial charge in [0.2, 0.25) is 0 Å². The van der Waals surface area contributed by atoms with E-state index in [1.807, 2.05) is 24.3 Å². The maximum atomic E-state index is 12.9. The van der Waals surface area contributed by atoms with Gasteiger partial charge in [-0.25, -0.2) is 4.39 Å². The third-order valence-electron chi connectivity index (χ3n) is 3.15. The largest absolute Gasteiger partial charge is 0.393 e. The second-order valence-corrected chi connectivity index (χ2v) is 6.76. The van der Waals surface area contributed by atoms with Crippen molar-refractivity contribution in [1.82, 2.24) is 0 Å². The van der Waals surface area contributed by atoms with Crippen LogP contribution >= 0.6 is 0 Å². The fraction of sp³-hybridized carbons (Fsp3) is 0.235. The molecule has 2 rings (SSSR count). The average molecular weight is 351 g/mol. The van der Waals surface area contributed by atoms with Gasteiger partial charge in [-0.3, -0.25) is 4.18 Å². The second kappa shape index (κ2) is 8.03. The van der Waals surface area contributed by atoms with E-state index in [1.165, 1.54) is 12.1 Å². The maximum absolute atomic E-state index is 12.9. The molecule has 0 spiro atoms. The van der Waals surface area contributed by atoms with Crippen LogP contribution in [0.5, 0.6) is 0 Å². The Morgan fingerprint density at radius 3 is 2.08 bits per heavy atom. The lowest BCUT2D eigenvalue weighted by molar-refractivity contribution is 0.109. The van der Waals surface area contributed by atoms with E-state index >= 15 is 0 Å². The number of halogens is 1. The van der Waals surface area contributed by atoms with E-state index in [0.29, 0.717) is 5.71 Å². The van der Waals surface area contributed by atoms with Gasteiger partial charge in [-0.05, 0) is 35.7 Å². The molecular weight excluding hydrogens is 333 g/mol. The smallest absolute Gasteiger partial charge is 0.264 e. The molecule has 128 valence electrons. The van der Waals surface area contributed by atoms with E-state index in [4.69, 9.17) is 4.84 Å². The number of benzene rings is 2. The molecule has 0 amide bonds. The Morgan fingerprint density at radius 2 is 1.54 bits per heavy atom. The standard InChI is InChI=1S/C17H18FNO4S/c1-13(19-22-11-12-23-24(2,20)21)14-3-5-15(6-4-14)16-7-9-17(18)10-8-16/h3-10H,11-12H2,1-2H3/b19-13-. The zero-order chi connectivity index (χ0) is 17.6. The summed E-state index contributed by atoms with van der Waals surface area (Å²) >= 11 is 0. The Morgan fingerprint density at radius 1 is 1.00 bits per heavy atom. The Kier molecular flexibility index (Phi) is 6.05. The molecule has 7 heteroatoms. The van der Waals surface area contributed by atoms with Gasteiger partial charge in [0.1, 0.15) is 19.0 Å². The van der Waals surface area contributed by atoms with Gasteiger partial charge in [-0.2, -0.15) is 8.42 Å². The molecule has 0 fully saturated rings. The van der Waals surface area contributed by atoms with Crippen molar-refractivity contribution in [3.63, 3.8) is 0 Å². The number of rotatable bonds is 7. The highest BCUT2D eigenvalue weighted by atomic mass is 32.2. The van der Waals surface area contributed by atoms with Gasteiger partial charge in [0, 0.05) is 0 Å². The lowest BCUT2D eigenvalue weighted by Crippen LogP contribution is -2.08. The first kappa shape index (κ1) is 18.1. The van der Waals surface area contributed by atoms with Crippen molar-refractivity contribution in [2.45, 2.75) is 6.92 Å². The summed E-state index contributed by atoms with van der Waals surface area (Å²) in [7, 11) is -3.46. The summed E-state index contributed by atoms with van der Waals surface area (Å²) < 4.78 is 39.0. The Bertz CT molecular complexity index is 799. The number of hydrogen-bond acceptors (Lipinski definition) is 5. The molecule has 0 atom stereocenters. The van der Waals surface area contributed by atoms with E-state index < -0.39 is 10.1 Å². The molecule has 0 unspecified atom stereocenters. The predicted molar refractivity (Wildman–Crippen MR) is 90.8 cm³/mol. The molecule has 2 aromatic rings. The molecule has 0 N–H and O–H groups in total. The minimum atomic E-state index is -3.46. The van der Waals surface area contributed by atoms with Gasteiger partial charge >= 0.3 is 0 Å². The minimum Gasteiger partial charge on any atom is -0.393 e. The summed E-state index contributed by atoms with van der Waals surface area (Å²) in [5.41, 5.74) is 3.41. The second-order valence-electron chi connectivity index (χ2n) is 5.12. The predicted octanol–water partition coefficient (Wildman–Crippen LogP) is 3.21. The van der Waals surface area contributed by atoms with Gasteiger partial charge in [0.05, 0.1) is 12.0 Å². The molecule has 0 radical (unpaired) electrons. The normalized spacial score (nSPS) is 12.2. The highest BCUT2D eigenvalue weighted by Gasteiger charge is 2.03. The fourth-order valence-electron chi connectivity index (χ4n) is 1.96. The molecule has 0 aromatic heterocycles. The molecule has 0 aliphatic carbocycles. The van der Waals surface area contributed by atoms with Crippen molar-refractivity contribution in [3.8, 4) is 11.1 Å². The number of hydrogen-bond donors (Lipinski definition) is 0. The third-order valence-corrected chi connectivity index (χ3v) is 3.75. The van der Waals surface area contributed by atoms with Crippen molar-refractivity contribution in [2.75, 3.05) is 19.5 Å². The van der Waals surface area contributed by atoms with Crippen molar-refractivity contribution in [3.05, 3.63) is 59.9 Å². The van der Waals surface area contributed by atoms with Gasteiger partial charge in [-0.1, -0.05) is 41.6 Å². The Labute approximate surface area is 140 Å². The lowest BCUT2D eigenvalue weighted by atomic mass is 10.0. The number of nitrogens with zero attached hydrogens (tertiary/aromatic N) is 1. The van der Waals surface area contributed by atoms with Crippen LogP contribution in [0.2, 0.25) is 0 Å². The maximum Gasteiger partial charge on any atom is 0.264 e. The van der Waals surface area contributed by atoms with Crippen LogP contribution in [0, 0.1) is 5.82 Å². The van der Waals surface area contributed by atoms with Gasteiger partial charge in [0.15, 0.2) is 0 Å². The Balaban J connectivity index is 1.94. The van der Waals surface area contributed by atoms with Crippen LogP contribution in [-0.4, -0.2) is 33.6 Å². The van der Waals surface area contributed by atoms with Crippen LogP contribution in [-0.2, 0) is 19.1 Å². The number of oxime groups is 1. The summed E-state index contributed by atoms with van der Waals surface area (Å²) in [4.78, 5) is 5.03. The van der Waals surface area contributed by atoms with Crippen molar-refractivity contribution < 1.29 is 21.8 Å². The van der Waals surface area contributed by atoms with Gasteiger partial charge in [0.25, 0.3) is 10.1 Å². The van der Waals surface area contributed by atoms with Crippen LogP contribution in [0.3, 0.4) is 0 Å². The van der Waals surface area contributed by atoms with Gasteiger partial charge in [-0.15, -0.1) is 0 Å². The molecule has 0 heterocycles. The summed E-state index contributed by atoms with van der Waals surface area (Å²) in [5.74, 6) is -0.268. The van der Waals surface area contributed by atoms with Crippen LogP contribution in [0.25, 0.3) is 11.1 Å².